The van der Waals surface area contributed by atoms with Crippen LogP contribution in [-0.2, 0) is 15.8 Å². The smallest absolute Gasteiger partial charge is 0.338 e. The Hall–Kier alpha value is -2.81. The fourth-order valence-corrected chi connectivity index (χ4v) is 3.29. The van der Waals surface area contributed by atoms with Crippen LogP contribution in [0.2, 0.25) is 5.02 Å². The minimum absolute atomic E-state index is 0.00788. The Balaban J connectivity index is 1.76. The van der Waals surface area contributed by atoms with E-state index >= 15 is 0 Å². The molecule has 2 heterocycles. The van der Waals surface area contributed by atoms with E-state index in [1.165, 1.54) is 10.8 Å². The first kappa shape index (κ1) is 20.9. The Morgan fingerprint density at radius 3 is 2.66 bits per heavy atom. The van der Waals surface area contributed by atoms with Gasteiger partial charge in [0.2, 0.25) is 11.8 Å². The zero-order valence-corrected chi connectivity index (χ0v) is 16.2. The van der Waals surface area contributed by atoms with Crippen LogP contribution in [0.3, 0.4) is 0 Å². The molecule has 0 spiro atoms. The highest BCUT2D eigenvalue weighted by molar-refractivity contribution is 6.32. The number of alkyl halides is 3. The summed E-state index contributed by atoms with van der Waals surface area (Å²) in [5.74, 6) is -0.292. The van der Waals surface area contributed by atoms with Gasteiger partial charge < -0.3 is 10.2 Å². The van der Waals surface area contributed by atoms with E-state index in [4.69, 9.17) is 11.6 Å². The number of rotatable bonds is 5. The number of anilines is 1. The lowest BCUT2D eigenvalue weighted by Gasteiger charge is -2.38. The van der Waals surface area contributed by atoms with Gasteiger partial charge in [0, 0.05) is 31.5 Å². The first-order chi connectivity index (χ1) is 13.6. The van der Waals surface area contributed by atoms with Gasteiger partial charge in [-0.05, 0) is 31.2 Å². The number of nitrogens with one attached hydrogen (secondary N) is 1. The summed E-state index contributed by atoms with van der Waals surface area (Å²) in [4.78, 5) is 25.4. The monoisotopic (exact) mass is 426 g/mol. The van der Waals surface area contributed by atoms with Crippen molar-refractivity contribution >= 4 is 29.2 Å². The second kappa shape index (κ2) is 7.90. The van der Waals surface area contributed by atoms with Gasteiger partial charge in [0.25, 0.3) is 0 Å². The van der Waals surface area contributed by atoms with Crippen molar-refractivity contribution in [2.24, 2.45) is 5.92 Å². The van der Waals surface area contributed by atoms with Gasteiger partial charge in [-0.25, -0.2) is 4.68 Å². The topological polar surface area (TPSA) is 67.2 Å². The molecule has 1 N–H and O–H groups in total. The van der Waals surface area contributed by atoms with Gasteiger partial charge in [-0.1, -0.05) is 18.2 Å². The summed E-state index contributed by atoms with van der Waals surface area (Å²) in [7, 11) is 0. The van der Waals surface area contributed by atoms with E-state index in [1.807, 2.05) is 0 Å². The number of amides is 2. The number of nitrogens with zero attached hydrogens (tertiary/aromatic N) is 3. The van der Waals surface area contributed by atoms with Crippen molar-refractivity contribution in [1.82, 2.24) is 14.7 Å². The minimum atomic E-state index is -4.54. The quantitative estimate of drug-likeness (QED) is 0.739. The number of hydrogen-bond acceptors (Lipinski definition) is 3. The van der Waals surface area contributed by atoms with Crippen molar-refractivity contribution in [3.63, 3.8) is 0 Å². The summed E-state index contributed by atoms with van der Waals surface area (Å²) in [5.41, 5.74) is -0.361. The molecule has 6 nitrogen and oxygen atoms in total. The number of hydrogen-bond donors (Lipinski definition) is 1. The number of likely N-dealkylation sites (tertiary alicyclic amines) is 1. The Morgan fingerprint density at radius 1 is 1.34 bits per heavy atom. The average Bonchev–Trinajstić information content (AvgIpc) is 2.96. The molecule has 2 amide bonds. The summed E-state index contributed by atoms with van der Waals surface area (Å²) in [6.07, 6.45) is -3.15. The molecular formula is C19H18ClF3N4O2. The molecule has 0 saturated carbocycles. The molecule has 0 unspecified atom stereocenters. The number of aromatic nitrogens is 2. The molecule has 2 aromatic rings. The van der Waals surface area contributed by atoms with Crippen LogP contribution in [-0.4, -0.2) is 39.6 Å². The number of aryl methyl sites for hydroxylation is 1. The van der Waals surface area contributed by atoms with Gasteiger partial charge in [0.15, 0.2) is 0 Å². The largest absolute Gasteiger partial charge is 0.416 e. The molecular weight excluding hydrogens is 409 g/mol. The number of carbonyl (C=O) groups is 2. The van der Waals surface area contributed by atoms with Crippen molar-refractivity contribution in [2.45, 2.75) is 19.5 Å². The highest BCUT2D eigenvalue weighted by Gasteiger charge is 2.32. The lowest BCUT2D eigenvalue weighted by molar-refractivity contribution is -0.137. The van der Waals surface area contributed by atoms with E-state index in [0.29, 0.717) is 18.8 Å². The Morgan fingerprint density at radius 2 is 2.03 bits per heavy atom. The van der Waals surface area contributed by atoms with E-state index in [1.54, 1.807) is 17.9 Å². The third-order valence-electron chi connectivity index (χ3n) is 4.52. The van der Waals surface area contributed by atoms with Crippen LogP contribution in [0.15, 0.2) is 36.9 Å². The molecule has 10 heteroatoms. The lowest BCUT2D eigenvalue weighted by Crippen LogP contribution is -2.50. The Labute approximate surface area is 169 Å². The van der Waals surface area contributed by atoms with Crippen LogP contribution in [0.1, 0.15) is 17.7 Å². The highest BCUT2D eigenvalue weighted by atomic mass is 35.5. The summed E-state index contributed by atoms with van der Waals surface area (Å²) in [6, 6.07) is 4.45. The highest BCUT2D eigenvalue weighted by Crippen LogP contribution is 2.34. The molecule has 1 aliphatic heterocycles. The maximum absolute atomic E-state index is 13.1. The second-order valence-corrected chi connectivity index (χ2v) is 7.22. The van der Waals surface area contributed by atoms with Gasteiger partial charge in [-0.2, -0.15) is 18.3 Å². The summed E-state index contributed by atoms with van der Waals surface area (Å²) < 4.78 is 40.4. The third kappa shape index (κ3) is 4.61. The van der Waals surface area contributed by atoms with Crippen LogP contribution in [0.5, 0.6) is 0 Å². The van der Waals surface area contributed by atoms with Crippen LogP contribution in [0, 0.1) is 12.8 Å². The zero-order chi connectivity index (χ0) is 21.3. The van der Waals surface area contributed by atoms with Crippen molar-refractivity contribution in [3.05, 3.63) is 53.2 Å². The first-order valence-electron chi connectivity index (χ1n) is 8.73. The molecule has 3 rings (SSSR count). The minimum Gasteiger partial charge on any atom is -0.338 e. The van der Waals surface area contributed by atoms with Crippen molar-refractivity contribution < 1.29 is 22.8 Å². The van der Waals surface area contributed by atoms with E-state index in [-0.39, 0.29) is 40.7 Å². The Kier molecular flexibility index (Phi) is 5.70. The zero-order valence-electron chi connectivity index (χ0n) is 15.5. The van der Waals surface area contributed by atoms with Gasteiger partial charge in [-0.15, -0.1) is 0 Å². The van der Waals surface area contributed by atoms with Gasteiger partial charge in [-0.3, -0.25) is 9.59 Å². The van der Waals surface area contributed by atoms with Crippen LogP contribution in [0.4, 0.5) is 19.0 Å². The van der Waals surface area contributed by atoms with E-state index in [0.717, 1.165) is 18.2 Å². The molecule has 0 atom stereocenters. The molecule has 154 valence electrons. The number of benzene rings is 1. The number of carbonyl (C=O) groups excluding carboxylic acids is 2. The lowest BCUT2D eigenvalue weighted by atomic mass is 9.96. The Bertz CT molecular complexity index is 965. The molecule has 1 fully saturated rings. The molecule has 1 aromatic carbocycles. The summed E-state index contributed by atoms with van der Waals surface area (Å²) >= 11 is 6.09. The molecule has 1 aliphatic rings. The maximum atomic E-state index is 13.1. The molecule has 0 radical (unpaired) electrons. The van der Waals surface area contributed by atoms with Crippen molar-refractivity contribution in [2.75, 3.05) is 18.4 Å². The fourth-order valence-electron chi connectivity index (χ4n) is 3.09. The second-order valence-electron chi connectivity index (χ2n) is 6.81. The average molecular weight is 427 g/mol. The molecule has 1 aromatic heterocycles. The van der Waals surface area contributed by atoms with E-state index in [9.17, 15) is 22.8 Å². The van der Waals surface area contributed by atoms with Crippen LogP contribution >= 0.6 is 11.6 Å². The van der Waals surface area contributed by atoms with Gasteiger partial charge in [0.1, 0.15) is 5.82 Å². The van der Waals surface area contributed by atoms with Crippen molar-refractivity contribution in [1.29, 1.82) is 0 Å². The maximum Gasteiger partial charge on any atom is 0.416 e. The number of halogens is 4. The SMILES string of the molecule is C=CC(=O)N1CC(CC(=O)Nc2cc(C)nn2-c2cc(C(F)(F)F)ccc2Cl)C1. The summed E-state index contributed by atoms with van der Waals surface area (Å²) in [5, 5.41) is 6.90. The molecule has 1 saturated heterocycles. The van der Waals surface area contributed by atoms with Crippen molar-refractivity contribution in [3.8, 4) is 5.69 Å². The molecule has 0 aliphatic carbocycles. The van der Waals surface area contributed by atoms with E-state index < -0.39 is 11.7 Å². The van der Waals surface area contributed by atoms with Gasteiger partial charge >= 0.3 is 6.18 Å². The third-order valence-corrected chi connectivity index (χ3v) is 4.84. The predicted octanol–water partition coefficient (Wildman–Crippen LogP) is 3.83. The predicted molar refractivity (Wildman–Crippen MR) is 102 cm³/mol. The summed E-state index contributed by atoms with van der Waals surface area (Å²) in [6.45, 7) is 5.97. The molecule has 29 heavy (non-hydrogen) atoms. The van der Waals surface area contributed by atoms with Crippen LogP contribution < -0.4 is 5.32 Å². The van der Waals surface area contributed by atoms with Crippen LogP contribution in [0.25, 0.3) is 5.69 Å². The normalized spacial score (nSPS) is 14.4. The van der Waals surface area contributed by atoms with Gasteiger partial charge in [0.05, 0.1) is 22.0 Å². The first-order valence-corrected chi connectivity index (χ1v) is 9.11. The molecule has 0 bridgehead atoms. The fraction of sp³-hybridized carbons (Fsp3) is 0.316. The van der Waals surface area contributed by atoms with E-state index in [2.05, 4.69) is 17.0 Å². The standard InChI is InChI=1S/C19H18ClF3N4O2/c1-3-18(29)26-9-12(10-26)7-17(28)24-16-6-11(2)25-27(16)15-8-13(19(21,22)23)4-5-14(15)20/h3-6,8,12H,1,7,9-10H2,2H3,(H,24,28).